The van der Waals surface area contributed by atoms with E-state index in [9.17, 15) is 0 Å². The fraction of sp³-hybridized carbons (Fsp3) is 0.667. The van der Waals surface area contributed by atoms with Gasteiger partial charge >= 0.3 is 35.3 Å². The summed E-state index contributed by atoms with van der Waals surface area (Å²) in [5.41, 5.74) is 12.5. The summed E-state index contributed by atoms with van der Waals surface area (Å²) in [4.78, 5) is 8.00. The maximum atomic E-state index is 8.00. The van der Waals surface area contributed by atoms with Crippen LogP contribution >= 0.6 is 18.8 Å². The molecule has 5 nitrogen and oxygen atoms in total. The molecule has 0 rings (SSSR count). The average Bonchev–Trinajstić information content (AvgIpc) is 1.91. The minimum absolute atomic E-state index is 0. The van der Waals surface area contributed by atoms with Crippen molar-refractivity contribution in [2.75, 3.05) is 13.1 Å². The van der Waals surface area contributed by atoms with Gasteiger partial charge in [-0.15, -0.1) is 5.34 Å². The molecule has 11 heavy (non-hydrogen) atoms. The van der Waals surface area contributed by atoms with Gasteiger partial charge in [0.25, 0.3) is 0 Å². The first-order valence-corrected chi connectivity index (χ1v) is 7.44. The van der Waals surface area contributed by atoms with Crippen LogP contribution in [0, 0.1) is 17.5 Å². The van der Waals surface area contributed by atoms with E-state index in [4.69, 9.17) is 40.4 Å². The Bertz CT molecular complexity index is 51.6. The molecule has 0 aliphatic heterocycles. The van der Waals surface area contributed by atoms with E-state index in [0.29, 0.717) is 0 Å². The van der Waals surface area contributed by atoms with Crippen molar-refractivity contribution in [2.24, 2.45) is 5.34 Å². The van der Waals surface area contributed by atoms with Crippen LogP contribution in [0.3, 0.4) is 0 Å². The second kappa shape index (κ2) is 46.2. The Kier molecular flexibility index (Phi) is 94.8. The van der Waals surface area contributed by atoms with Crippen LogP contribution in [0.4, 0.5) is 0 Å². The summed E-state index contributed by atoms with van der Waals surface area (Å²) in [5, 5.41) is 9.00. The van der Waals surface area contributed by atoms with Crippen LogP contribution in [0.2, 0.25) is 0 Å². The van der Waals surface area contributed by atoms with Gasteiger partial charge in [0.05, 0.1) is 0 Å². The molecule has 8 heteroatoms. The number of hydrogen-bond donors (Lipinski definition) is 0. The minimum Gasteiger partial charge on any atom is -0.679 e. The van der Waals surface area contributed by atoms with Gasteiger partial charge in [-0.3, -0.25) is 0 Å². The first kappa shape index (κ1) is 22.6. The summed E-state index contributed by atoms with van der Waals surface area (Å²) < 4.78 is 0. The molecule has 0 aliphatic carbocycles. The number of hydrogen-bond acceptors (Lipinski definition) is 3. The molecule has 0 saturated carbocycles. The summed E-state index contributed by atoms with van der Waals surface area (Å²) >= 11 is -0.472. The number of rotatable bonds is 1. The van der Waals surface area contributed by atoms with Crippen LogP contribution in [0.5, 0.6) is 0 Å². The third kappa shape index (κ3) is 310. The molecule has 0 saturated heterocycles. The predicted molar refractivity (Wildman–Crippen MR) is 45.7 cm³/mol. The van der Waals surface area contributed by atoms with E-state index in [1.165, 1.54) is 0 Å². The summed E-state index contributed by atoms with van der Waals surface area (Å²) in [5.74, 6) is 0. The smallest absolute Gasteiger partial charge is 0.171 e. The Morgan fingerprint density at radius 3 is 1.45 bits per heavy atom. The van der Waals surface area contributed by atoms with Gasteiger partial charge in [-0.05, 0) is 0 Å². The third-order valence-electron chi connectivity index (χ3n) is 0.125. The van der Waals surface area contributed by atoms with E-state index < -0.39 is 16.5 Å². The number of halogens is 2. The molecule has 76 valence electrons. The Balaban J connectivity index is -0.0000000325. The molecule has 0 unspecified atom stereocenters. The SMILES string of the molecule is O=N[O-].[CH3-].[Cl][Pt][Cl].[NH-]CC[NH-]. The van der Waals surface area contributed by atoms with Crippen LogP contribution in [0.1, 0.15) is 0 Å². The number of nitrogens with zero attached hydrogens (tertiary/aromatic N) is 1. The molecule has 0 aromatic rings. The minimum atomic E-state index is -0.472. The van der Waals surface area contributed by atoms with Crippen molar-refractivity contribution < 1.29 is 16.5 Å². The van der Waals surface area contributed by atoms with Crippen molar-refractivity contribution in [1.29, 1.82) is 0 Å². The fourth-order valence-corrected chi connectivity index (χ4v) is 0. The molecule has 0 spiro atoms. The second-order valence-corrected chi connectivity index (χ2v) is 3.90. The molecular formula is C3H9Cl2N3O2Pt-4. The van der Waals surface area contributed by atoms with Gasteiger partial charge in [-0.25, -0.2) is 0 Å². The van der Waals surface area contributed by atoms with Gasteiger partial charge in [-0.1, -0.05) is 0 Å². The van der Waals surface area contributed by atoms with Crippen molar-refractivity contribution >= 4 is 18.8 Å². The van der Waals surface area contributed by atoms with Crippen molar-refractivity contribution in [3.63, 3.8) is 0 Å². The predicted octanol–water partition coefficient (Wildman–Crippen LogP) is 3.17. The van der Waals surface area contributed by atoms with Gasteiger partial charge < -0.3 is 29.0 Å². The molecule has 2 N–H and O–H groups in total. The van der Waals surface area contributed by atoms with E-state index >= 15 is 0 Å². The van der Waals surface area contributed by atoms with Gasteiger partial charge in [0, 0.05) is 0 Å². The molecule has 0 aliphatic rings. The summed E-state index contributed by atoms with van der Waals surface area (Å²) in [6.07, 6.45) is 0. The number of nitrogens with one attached hydrogen (secondary N) is 2. The summed E-state index contributed by atoms with van der Waals surface area (Å²) in [6, 6.07) is 0. The summed E-state index contributed by atoms with van der Waals surface area (Å²) in [7, 11) is 9.75. The largest absolute Gasteiger partial charge is 0.679 e. The van der Waals surface area contributed by atoms with E-state index in [1.54, 1.807) is 0 Å². The zero-order valence-corrected chi connectivity index (χ0v) is 9.53. The van der Waals surface area contributed by atoms with Crippen molar-refractivity contribution in [3.8, 4) is 0 Å². The Morgan fingerprint density at radius 1 is 1.36 bits per heavy atom. The average molecular weight is 385 g/mol. The standard InChI is InChI=1S/C2H6N2.CH3.2ClH.HNO2.Pt/c3-1-2-4;;;;2-1-3;/h3-4H,1-2H2;1H3;2*1H;(H,2,3);/q-2;-1;;;;+2/p-3. The molecule has 0 atom stereocenters. The molecule has 0 bridgehead atoms. The van der Waals surface area contributed by atoms with Gasteiger partial charge in [-0.2, -0.15) is 13.1 Å². The third-order valence-corrected chi connectivity index (χ3v) is 0.125. The van der Waals surface area contributed by atoms with Crippen molar-refractivity contribution in [2.45, 2.75) is 0 Å². The fourth-order valence-electron chi connectivity index (χ4n) is 0. The molecule has 0 amide bonds. The van der Waals surface area contributed by atoms with Crippen LogP contribution in [0.15, 0.2) is 5.34 Å². The topological polar surface area (TPSA) is 100 Å². The van der Waals surface area contributed by atoms with E-state index in [2.05, 4.69) is 0 Å². The molecule has 0 aromatic carbocycles. The first-order valence-electron chi connectivity index (χ1n) is 1.81. The van der Waals surface area contributed by atoms with E-state index in [1.807, 2.05) is 0 Å². The van der Waals surface area contributed by atoms with Crippen LogP contribution in [0.25, 0.3) is 11.5 Å². The van der Waals surface area contributed by atoms with Crippen LogP contribution < -0.4 is 0 Å². The molecule has 0 fully saturated rings. The second-order valence-electron chi connectivity index (χ2n) is 0.620. The molecule has 0 radical (unpaired) electrons. The molecular weight excluding hydrogens is 376 g/mol. The zero-order chi connectivity index (χ0) is 8.83. The maximum absolute atomic E-state index is 8.00. The Labute approximate surface area is 82.7 Å². The van der Waals surface area contributed by atoms with Gasteiger partial charge in [0.1, 0.15) is 0 Å². The Hall–Kier alpha value is 0.588. The maximum Gasteiger partial charge on any atom is -0.171 e. The van der Waals surface area contributed by atoms with E-state index in [-0.39, 0.29) is 20.5 Å². The summed E-state index contributed by atoms with van der Waals surface area (Å²) in [6.45, 7) is 0.472. The Morgan fingerprint density at radius 2 is 1.45 bits per heavy atom. The van der Waals surface area contributed by atoms with Crippen molar-refractivity contribution in [1.82, 2.24) is 0 Å². The first-order chi connectivity index (χ1) is 4.74. The van der Waals surface area contributed by atoms with Crippen molar-refractivity contribution in [3.05, 3.63) is 29.0 Å². The quantitative estimate of drug-likeness (QED) is 0.393. The van der Waals surface area contributed by atoms with Crippen LogP contribution in [-0.2, 0) is 16.5 Å². The van der Waals surface area contributed by atoms with Gasteiger partial charge in [0.2, 0.25) is 0 Å². The van der Waals surface area contributed by atoms with E-state index in [0.717, 1.165) is 5.34 Å². The zero-order valence-electron chi connectivity index (χ0n) is 5.75. The normalized spacial score (nSPS) is 5.82. The van der Waals surface area contributed by atoms with Gasteiger partial charge in [0.15, 0.2) is 0 Å². The molecule has 0 heterocycles. The van der Waals surface area contributed by atoms with Crippen LogP contribution in [-0.4, -0.2) is 13.1 Å². The monoisotopic (exact) mass is 384 g/mol. The molecule has 0 aromatic heterocycles.